The maximum Gasteiger partial charge on any atom is 0.146 e. The summed E-state index contributed by atoms with van der Waals surface area (Å²) in [5.74, 6) is 0.565. The average molecular weight is 330 g/mol. The molecule has 4 heteroatoms. The van der Waals surface area contributed by atoms with Gasteiger partial charge in [-0.1, -0.05) is 59.6 Å². The first kappa shape index (κ1) is 14.9. The SMILES string of the molecule is COc1c(Cl)cc(Cl)cc1C=Nc1cccc2ccccc12. The van der Waals surface area contributed by atoms with E-state index in [9.17, 15) is 0 Å². The first-order chi connectivity index (χ1) is 10.7. The predicted molar refractivity (Wildman–Crippen MR) is 94.2 cm³/mol. The Kier molecular flexibility index (Phi) is 4.32. The third-order valence-corrected chi connectivity index (χ3v) is 3.85. The number of nitrogens with zero attached hydrogens (tertiary/aromatic N) is 1. The Balaban J connectivity index is 2.07. The number of halogens is 2. The minimum atomic E-state index is 0.467. The van der Waals surface area contributed by atoms with Gasteiger partial charge in [0.25, 0.3) is 0 Å². The molecule has 0 saturated heterocycles. The van der Waals surface area contributed by atoms with E-state index >= 15 is 0 Å². The van der Waals surface area contributed by atoms with Crippen molar-refractivity contribution in [3.8, 4) is 5.75 Å². The van der Waals surface area contributed by atoms with E-state index in [2.05, 4.69) is 17.1 Å². The number of benzene rings is 3. The van der Waals surface area contributed by atoms with Crippen LogP contribution in [-0.2, 0) is 0 Å². The lowest BCUT2D eigenvalue weighted by atomic mass is 10.1. The molecule has 3 rings (SSSR count). The minimum absolute atomic E-state index is 0.467. The molecular weight excluding hydrogens is 317 g/mol. The fraction of sp³-hybridized carbons (Fsp3) is 0.0556. The summed E-state index contributed by atoms with van der Waals surface area (Å²) in [4.78, 5) is 4.57. The van der Waals surface area contributed by atoms with E-state index in [4.69, 9.17) is 27.9 Å². The molecule has 0 spiro atoms. The van der Waals surface area contributed by atoms with Crippen LogP contribution in [0.15, 0.2) is 59.6 Å². The van der Waals surface area contributed by atoms with Crippen LogP contribution >= 0.6 is 23.2 Å². The molecule has 0 aliphatic heterocycles. The van der Waals surface area contributed by atoms with Crippen molar-refractivity contribution in [2.24, 2.45) is 4.99 Å². The molecule has 0 aromatic heterocycles. The van der Waals surface area contributed by atoms with Gasteiger partial charge >= 0.3 is 0 Å². The van der Waals surface area contributed by atoms with Crippen LogP contribution in [0.4, 0.5) is 5.69 Å². The number of rotatable bonds is 3. The van der Waals surface area contributed by atoms with Crippen molar-refractivity contribution in [1.82, 2.24) is 0 Å². The van der Waals surface area contributed by atoms with Crippen LogP contribution in [-0.4, -0.2) is 13.3 Å². The van der Waals surface area contributed by atoms with Crippen molar-refractivity contribution in [3.63, 3.8) is 0 Å². The van der Waals surface area contributed by atoms with Crippen molar-refractivity contribution in [3.05, 3.63) is 70.2 Å². The number of fused-ring (bicyclic) bond motifs is 1. The molecule has 0 amide bonds. The molecule has 0 heterocycles. The highest BCUT2D eigenvalue weighted by Crippen LogP contribution is 2.32. The maximum atomic E-state index is 6.14. The van der Waals surface area contributed by atoms with Crippen LogP contribution in [0, 0.1) is 0 Å². The zero-order valence-electron chi connectivity index (χ0n) is 11.9. The molecule has 0 aliphatic rings. The van der Waals surface area contributed by atoms with Gasteiger partial charge < -0.3 is 4.74 Å². The minimum Gasteiger partial charge on any atom is -0.495 e. The van der Waals surface area contributed by atoms with Crippen LogP contribution < -0.4 is 4.74 Å². The Hall–Kier alpha value is -2.03. The van der Waals surface area contributed by atoms with E-state index in [0.717, 1.165) is 22.0 Å². The van der Waals surface area contributed by atoms with Gasteiger partial charge in [0.1, 0.15) is 5.75 Å². The molecule has 3 aromatic carbocycles. The van der Waals surface area contributed by atoms with Gasteiger partial charge in [-0.3, -0.25) is 4.99 Å². The van der Waals surface area contributed by atoms with Crippen LogP contribution in [0.25, 0.3) is 10.8 Å². The number of ether oxygens (including phenoxy) is 1. The lowest BCUT2D eigenvalue weighted by Gasteiger charge is -2.07. The lowest BCUT2D eigenvalue weighted by Crippen LogP contribution is -1.92. The first-order valence-electron chi connectivity index (χ1n) is 6.74. The second-order valence-corrected chi connectivity index (χ2v) is 5.61. The van der Waals surface area contributed by atoms with Gasteiger partial charge in [-0.05, 0) is 23.6 Å². The summed E-state index contributed by atoms with van der Waals surface area (Å²) in [5, 5.41) is 3.25. The highest BCUT2D eigenvalue weighted by atomic mass is 35.5. The van der Waals surface area contributed by atoms with Crippen molar-refractivity contribution in [2.45, 2.75) is 0 Å². The fourth-order valence-corrected chi connectivity index (χ4v) is 2.94. The Bertz CT molecular complexity index is 854. The van der Waals surface area contributed by atoms with Gasteiger partial charge in [0.05, 0.1) is 17.8 Å². The van der Waals surface area contributed by atoms with Crippen LogP contribution in [0.5, 0.6) is 5.75 Å². The Labute approximate surface area is 139 Å². The topological polar surface area (TPSA) is 21.6 Å². The molecule has 0 radical (unpaired) electrons. The molecule has 0 bridgehead atoms. The van der Waals surface area contributed by atoms with Crippen molar-refractivity contribution in [2.75, 3.05) is 7.11 Å². The first-order valence-corrected chi connectivity index (χ1v) is 7.49. The number of hydrogen-bond donors (Lipinski definition) is 0. The summed E-state index contributed by atoms with van der Waals surface area (Å²) in [7, 11) is 1.57. The van der Waals surface area contributed by atoms with Crippen molar-refractivity contribution in [1.29, 1.82) is 0 Å². The van der Waals surface area contributed by atoms with Gasteiger partial charge in [0, 0.05) is 22.2 Å². The largest absolute Gasteiger partial charge is 0.495 e. The predicted octanol–water partition coefficient (Wildman–Crippen LogP) is 5.91. The normalized spacial score (nSPS) is 11.2. The summed E-state index contributed by atoms with van der Waals surface area (Å²) >= 11 is 12.2. The van der Waals surface area contributed by atoms with E-state index in [0.29, 0.717) is 15.8 Å². The van der Waals surface area contributed by atoms with E-state index in [1.54, 1.807) is 25.5 Å². The van der Waals surface area contributed by atoms with Gasteiger partial charge in [-0.15, -0.1) is 0 Å². The van der Waals surface area contributed by atoms with Gasteiger partial charge in [0.15, 0.2) is 0 Å². The Morgan fingerprint density at radius 3 is 2.59 bits per heavy atom. The van der Waals surface area contributed by atoms with Crippen LogP contribution in [0.1, 0.15) is 5.56 Å². The van der Waals surface area contributed by atoms with Crippen LogP contribution in [0.2, 0.25) is 10.0 Å². The smallest absolute Gasteiger partial charge is 0.146 e. The van der Waals surface area contributed by atoms with Gasteiger partial charge in [0.2, 0.25) is 0 Å². The standard InChI is InChI=1S/C18H13Cl2NO/c1-22-18-13(9-14(19)10-16(18)20)11-21-17-8-4-6-12-5-2-3-7-15(12)17/h2-11H,1H3. The number of methoxy groups -OCH3 is 1. The lowest BCUT2D eigenvalue weighted by molar-refractivity contribution is 0.414. The second-order valence-electron chi connectivity index (χ2n) is 4.77. The third-order valence-electron chi connectivity index (χ3n) is 3.35. The molecule has 3 aromatic rings. The van der Waals surface area contributed by atoms with Gasteiger partial charge in [-0.25, -0.2) is 0 Å². The number of hydrogen-bond acceptors (Lipinski definition) is 2. The van der Waals surface area contributed by atoms with Crippen molar-refractivity contribution >= 4 is 45.9 Å². The third kappa shape index (κ3) is 2.94. The molecule has 2 nitrogen and oxygen atoms in total. The summed E-state index contributed by atoms with van der Waals surface area (Å²) in [5.41, 5.74) is 1.63. The molecule has 0 atom stereocenters. The van der Waals surface area contributed by atoms with E-state index in [1.807, 2.05) is 30.3 Å². The van der Waals surface area contributed by atoms with Gasteiger partial charge in [-0.2, -0.15) is 0 Å². The molecular formula is C18H13Cl2NO. The van der Waals surface area contributed by atoms with E-state index < -0.39 is 0 Å². The summed E-state index contributed by atoms with van der Waals surface area (Å²) in [6.45, 7) is 0. The molecule has 0 fully saturated rings. The summed E-state index contributed by atoms with van der Waals surface area (Å²) in [6, 6.07) is 17.6. The molecule has 22 heavy (non-hydrogen) atoms. The highest BCUT2D eigenvalue weighted by molar-refractivity contribution is 6.36. The summed E-state index contributed by atoms with van der Waals surface area (Å²) < 4.78 is 5.33. The molecule has 0 saturated carbocycles. The maximum absolute atomic E-state index is 6.14. The zero-order chi connectivity index (χ0) is 15.5. The average Bonchev–Trinajstić information content (AvgIpc) is 2.52. The Morgan fingerprint density at radius 1 is 1.00 bits per heavy atom. The molecule has 0 unspecified atom stereocenters. The van der Waals surface area contributed by atoms with Crippen molar-refractivity contribution < 1.29 is 4.74 Å². The van der Waals surface area contributed by atoms with Crippen LogP contribution in [0.3, 0.4) is 0 Å². The zero-order valence-corrected chi connectivity index (χ0v) is 13.4. The number of aliphatic imine (C=N–C) groups is 1. The Morgan fingerprint density at radius 2 is 1.77 bits per heavy atom. The van der Waals surface area contributed by atoms with E-state index in [1.165, 1.54) is 0 Å². The summed E-state index contributed by atoms with van der Waals surface area (Å²) in [6.07, 6.45) is 1.72. The highest BCUT2D eigenvalue weighted by Gasteiger charge is 2.08. The monoisotopic (exact) mass is 329 g/mol. The second kappa shape index (κ2) is 6.39. The molecule has 110 valence electrons. The quantitative estimate of drug-likeness (QED) is 0.547. The molecule has 0 aliphatic carbocycles. The van der Waals surface area contributed by atoms with E-state index in [-0.39, 0.29) is 0 Å². The molecule has 0 N–H and O–H groups in total. The fourth-order valence-electron chi connectivity index (χ4n) is 2.35.